The maximum Gasteiger partial charge on any atom is 0.144 e. The van der Waals surface area contributed by atoms with Crippen LogP contribution >= 0.6 is 12.4 Å². The first-order valence-electron chi connectivity index (χ1n) is 13.3. The van der Waals surface area contributed by atoms with Gasteiger partial charge in [-0.3, -0.25) is 9.98 Å². The molecule has 0 radical (unpaired) electrons. The average molecular weight is 476 g/mol. The van der Waals surface area contributed by atoms with Crippen molar-refractivity contribution < 1.29 is 0 Å². The van der Waals surface area contributed by atoms with E-state index in [2.05, 4.69) is 15.0 Å². The Morgan fingerprint density at radius 3 is 1.55 bits per heavy atom. The molecular formula is C27H46ClN5. The van der Waals surface area contributed by atoms with E-state index in [0.717, 1.165) is 37.8 Å². The van der Waals surface area contributed by atoms with Crippen molar-refractivity contribution in [1.29, 1.82) is 0 Å². The number of nitrogens with zero attached hydrogens (tertiary/aromatic N) is 3. The molecule has 6 heteroatoms. The van der Waals surface area contributed by atoms with Crippen molar-refractivity contribution in [2.24, 2.45) is 33.3 Å². The summed E-state index contributed by atoms with van der Waals surface area (Å²) in [5, 5.41) is 0. The number of rotatable bonds is 12. The fraction of sp³-hybridized carbons (Fsp3) is 0.741. The molecule has 4 N–H and O–H groups in total. The Bertz CT molecular complexity index is 664. The van der Waals surface area contributed by atoms with E-state index in [1.54, 1.807) is 0 Å². The summed E-state index contributed by atoms with van der Waals surface area (Å²) in [6, 6.07) is 5.75. The number of aliphatic imine (C=N–C) groups is 2. The van der Waals surface area contributed by atoms with Crippen molar-refractivity contribution >= 4 is 24.1 Å². The second-order valence-electron chi connectivity index (χ2n) is 9.94. The molecular weight excluding hydrogens is 430 g/mol. The summed E-state index contributed by atoms with van der Waals surface area (Å²) in [6.45, 7) is 1.55. The Hall–Kier alpha value is -1.62. The standard InChI is InChI=1S/C27H45N5.ClH/c28-26(30-20-9-7-16-22-12-3-1-4-13-22)24-18-11-19-25(32-24)27(29)31-21-10-8-17-23-14-5-2-6-15-23;/h11,18-19,22-23H,1-10,12-17,20-21H2,(H2,28,30)(H2,29,31);1H. The topological polar surface area (TPSA) is 89.6 Å². The third-order valence-electron chi connectivity index (χ3n) is 7.33. The Morgan fingerprint density at radius 2 is 1.12 bits per heavy atom. The molecule has 1 aromatic heterocycles. The minimum Gasteiger partial charge on any atom is -0.382 e. The van der Waals surface area contributed by atoms with Crippen LogP contribution in [-0.2, 0) is 0 Å². The molecule has 2 fully saturated rings. The predicted octanol–water partition coefficient (Wildman–Crippen LogP) is 6.42. The summed E-state index contributed by atoms with van der Waals surface area (Å²) >= 11 is 0. The van der Waals surface area contributed by atoms with Gasteiger partial charge in [-0.25, -0.2) is 4.98 Å². The molecule has 2 aliphatic rings. The second kappa shape index (κ2) is 16.1. The van der Waals surface area contributed by atoms with E-state index in [1.165, 1.54) is 89.9 Å². The maximum atomic E-state index is 6.21. The van der Waals surface area contributed by atoms with E-state index in [0.29, 0.717) is 23.1 Å². The van der Waals surface area contributed by atoms with E-state index in [4.69, 9.17) is 11.5 Å². The van der Waals surface area contributed by atoms with Gasteiger partial charge in [0.15, 0.2) is 0 Å². The van der Waals surface area contributed by atoms with Gasteiger partial charge >= 0.3 is 0 Å². The van der Waals surface area contributed by atoms with Crippen molar-refractivity contribution in [3.63, 3.8) is 0 Å². The molecule has 2 aliphatic carbocycles. The van der Waals surface area contributed by atoms with Crippen LogP contribution in [0.15, 0.2) is 28.2 Å². The van der Waals surface area contributed by atoms with Crippen LogP contribution in [0.1, 0.15) is 114 Å². The number of hydrogen-bond donors (Lipinski definition) is 2. The summed E-state index contributed by atoms with van der Waals surface area (Å²) < 4.78 is 0. The molecule has 0 amide bonds. The molecule has 1 heterocycles. The first-order valence-corrected chi connectivity index (χ1v) is 13.3. The monoisotopic (exact) mass is 475 g/mol. The lowest BCUT2D eigenvalue weighted by Crippen LogP contribution is -2.21. The van der Waals surface area contributed by atoms with Crippen LogP contribution in [0.3, 0.4) is 0 Å². The molecule has 0 unspecified atom stereocenters. The Kier molecular flexibility index (Phi) is 13.5. The highest BCUT2D eigenvalue weighted by atomic mass is 35.5. The molecule has 0 atom stereocenters. The Balaban J connectivity index is 0.00000385. The predicted molar refractivity (Wildman–Crippen MR) is 144 cm³/mol. The van der Waals surface area contributed by atoms with Gasteiger partial charge in [0, 0.05) is 13.1 Å². The SMILES string of the molecule is Cl.NC(=NCCCCC1CCCCC1)c1cccc(C(N)=NCCCCC2CCCCC2)n1. The van der Waals surface area contributed by atoms with E-state index < -0.39 is 0 Å². The van der Waals surface area contributed by atoms with Crippen molar-refractivity contribution in [3.8, 4) is 0 Å². The summed E-state index contributed by atoms with van der Waals surface area (Å²) in [5.41, 5.74) is 13.8. The van der Waals surface area contributed by atoms with Gasteiger partial charge in [-0.05, 0) is 36.8 Å². The third-order valence-corrected chi connectivity index (χ3v) is 7.33. The number of halogens is 1. The average Bonchev–Trinajstić information content (AvgIpc) is 2.84. The van der Waals surface area contributed by atoms with Crippen LogP contribution < -0.4 is 11.5 Å². The van der Waals surface area contributed by atoms with Gasteiger partial charge in [0.05, 0.1) is 0 Å². The quantitative estimate of drug-likeness (QED) is 0.208. The lowest BCUT2D eigenvalue weighted by Gasteiger charge is -2.21. The van der Waals surface area contributed by atoms with Crippen LogP contribution in [0.5, 0.6) is 0 Å². The Morgan fingerprint density at radius 1 is 0.697 bits per heavy atom. The number of nitrogens with two attached hydrogens (primary N) is 2. The Labute approximate surface area is 207 Å². The van der Waals surface area contributed by atoms with Gasteiger partial charge in [0.2, 0.25) is 0 Å². The van der Waals surface area contributed by atoms with E-state index >= 15 is 0 Å². The highest BCUT2D eigenvalue weighted by molar-refractivity contribution is 5.99. The van der Waals surface area contributed by atoms with Gasteiger partial charge < -0.3 is 11.5 Å². The van der Waals surface area contributed by atoms with Crippen LogP contribution in [0, 0.1) is 11.8 Å². The van der Waals surface area contributed by atoms with Crippen LogP contribution in [-0.4, -0.2) is 29.7 Å². The lowest BCUT2D eigenvalue weighted by atomic mass is 9.86. The highest BCUT2D eigenvalue weighted by Crippen LogP contribution is 2.28. The molecule has 1 aromatic rings. The van der Waals surface area contributed by atoms with Crippen molar-refractivity contribution in [2.75, 3.05) is 13.1 Å². The van der Waals surface area contributed by atoms with E-state index in [1.807, 2.05) is 18.2 Å². The van der Waals surface area contributed by atoms with Crippen molar-refractivity contribution in [3.05, 3.63) is 29.6 Å². The smallest absolute Gasteiger partial charge is 0.144 e. The van der Waals surface area contributed by atoms with Crippen molar-refractivity contribution in [2.45, 2.75) is 103 Å². The first-order chi connectivity index (χ1) is 15.7. The van der Waals surface area contributed by atoms with Gasteiger partial charge in [-0.1, -0.05) is 96.0 Å². The number of pyridine rings is 1. The van der Waals surface area contributed by atoms with Gasteiger partial charge in [-0.2, -0.15) is 0 Å². The van der Waals surface area contributed by atoms with Gasteiger partial charge in [-0.15, -0.1) is 12.4 Å². The number of hydrogen-bond acceptors (Lipinski definition) is 3. The van der Waals surface area contributed by atoms with Crippen LogP contribution in [0.4, 0.5) is 0 Å². The molecule has 0 aromatic carbocycles. The van der Waals surface area contributed by atoms with Crippen LogP contribution in [0.25, 0.3) is 0 Å². The highest BCUT2D eigenvalue weighted by Gasteiger charge is 2.13. The first kappa shape index (κ1) is 27.6. The second-order valence-corrected chi connectivity index (χ2v) is 9.94. The summed E-state index contributed by atoms with van der Waals surface area (Å²) in [5.74, 6) is 2.89. The number of unbranched alkanes of at least 4 members (excludes halogenated alkanes) is 2. The molecule has 0 aliphatic heterocycles. The largest absolute Gasteiger partial charge is 0.382 e. The zero-order chi connectivity index (χ0) is 22.4. The molecule has 33 heavy (non-hydrogen) atoms. The van der Waals surface area contributed by atoms with E-state index in [9.17, 15) is 0 Å². The molecule has 5 nitrogen and oxygen atoms in total. The third kappa shape index (κ3) is 10.5. The zero-order valence-electron chi connectivity index (χ0n) is 20.5. The fourth-order valence-corrected chi connectivity index (χ4v) is 5.32. The minimum absolute atomic E-state index is 0. The summed E-state index contributed by atoms with van der Waals surface area (Å²) in [4.78, 5) is 13.7. The zero-order valence-corrected chi connectivity index (χ0v) is 21.3. The van der Waals surface area contributed by atoms with Gasteiger partial charge in [0.1, 0.15) is 23.1 Å². The summed E-state index contributed by atoms with van der Waals surface area (Å²) in [7, 11) is 0. The van der Waals surface area contributed by atoms with Crippen LogP contribution in [0.2, 0.25) is 0 Å². The molecule has 2 saturated carbocycles. The molecule has 3 rings (SSSR count). The van der Waals surface area contributed by atoms with E-state index in [-0.39, 0.29) is 12.4 Å². The maximum absolute atomic E-state index is 6.21. The molecule has 186 valence electrons. The minimum atomic E-state index is 0. The lowest BCUT2D eigenvalue weighted by molar-refractivity contribution is 0.330. The molecule has 0 bridgehead atoms. The molecule has 0 spiro atoms. The summed E-state index contributed by atoms with van der Waals surface area (Å²) in [6.07, 6.45) is 21.6. The normalized spacial score (nSPS) is 18.8. The fourth-order valence-electron chi connectivity index (χ4n) is 5.32. The van der Waals surface area contributed by atoms with Gasteiger partial charge in [0.25, 0.3) is 0 Å². The number of aromatic nitrogens is 1. The molecule has 0 saturated heterocycles. The van der Waals surface area contributed by atoms with Crippen molar-refractivity contribution in [1.82, 2.24) is 4.98 Å². The number of amidine groups is 2.